The molecule has 0 aromatic heterocycles. The maximum atomic E-state index is 11.2. The Morgan fingerprint density at radius 3 is 2.38 bits per heavy atom. The van der Waals surface area contributed by atoms with Crippen molar-refractivity contribution in [3.63, 3.8) is 0 Å². The van der Waals surface area contributed by atoms with Crippen LogP contribution in [0.2, 0.25) is 0 Å². The second-order valence-corrected chi connectivity index (χ2v) is 4.68. The minimum atomic E-state index is -0.223. The van der Waals surface area contributed by atoms with Crippen LogP contribution in [-0.4, -0.2) is 61.4 Å². The Kier molecular flexibility index (Phi) is 5.36. The van der Waals surface area contributed by atoms with Crippen LogP contribution in [0, 0.1) is 0 Å². The smallest absolute Gasteiger partial charge is 0.234 e. The highest BCUT2D eigenvalue weighted by molar-refractivity contribution is 7.99. The molecule has 0 bridgehead atoms. The van der Waals surface area contributed by atoms with E-state index >= 15 is 0 Å². The zero-order valence-corrected chi connectivity index (χ0v) is 9.52. The maximum Gasteiger partial charge on any atom is 0.234 e. The molecule has 0 saturated carbocycles. The summed E-state index contributed by atoms with van der Waals surface area (Å²) in [5.74, 6) is 0.413. The third kappa shape index (κ3) is 5.13. The summed E-state index contributed by atoms with van der Waals surface area (Å²) >= 11 is 1.47. The number of carbonyl (C=O) groups is 1. The fourth-order valence-electron chi connectivity index (χ4n) is 0.843. The lowest BCUT2D eigenvalue weighted by Gasteiger charge is -2.33. The predicted octanol–water partition coefficient (Wildman–Crippen LogP) is -0.510. The number of likely N-dealkylation sites (N-methyl/N-ethyl adjacent to an activating group) is 1. The van der Waals surface area contributed by atoms with E-state index in [1.54, 1.807) is 0 Å². The van der Waals surface area contributed by atoms with Crippen LogP contribution in [-0.2, 0) is 4.79 Å². The Balaban J connectivity index is 4.06. The van der Waals surface area contributed by atoms with Crippen molar-refractivity contribution in [2.75, 3.05) is 39.8 Å². The highest BCUT2D eigenvalue weighted by atomic mass is 32.2. The van der Waals surface area contributed by atoms with Gasteiger partial charge in [0.25, 0.3) is 0 Å². The molecule has 5 heteroatoms. The van der Waals surface area contributed by atoms with Gasteiger partial charge in [0.05, 0.1) is 26.9 Å². The largest absolute Gasteiger partial charge is 0.388 e. The SMILES string of the molecule is CSCC(=O)N[C@H](CO)[N+](C)(C)C. The molecule has 13 heavy (non-hydrogen) atoms. The predicted molar refractivity (Wildman–Crippen MR) is 55.4 cm³/mol. The summed E-state index contributed by atoms with van der Waals surface area (Å²) in [7, 11) is 5.79. The van der Waals surface area contributed by atoms with Gasteiger partial charge in [0.1, 0.15) is 6.61 Å². The maximum absolute atomic E-state index is 11.2. The van der Waals surface area contributed by atoms with E-state index in [2.05, 4.69) is 5.32 Å². The van der Waals surface area contributed by atoms with Crippen LogP contribution in [0.25, 0.3) is 0 Å². The highest BCUT2D eigenvalue weighted by Gasteiger charge is 2.23. The van der Waals surface area contributed by atoms with Crippen molar-refractivity contribution >= 4 is 17.7 Å². The van der Waals surface area contributed by atoms with E-state index in [1.165, 1.54) is 11.8 Å². The normalized spacial score (nSPS) is 13.9. The fraction of sp³-hybridized carbons (Fsp3) is 0.875. The van der Waals surface area contributed by atoms with E-state index in [9.17, 15) is 4.79 Å². The number of nitrogens with one attached hydrogen (secondary N) is 1. The van der Waals surface area contributed by atoms with E-state index in [0.29, 0.717) is 10.2 Å². The molecule has 4 nitrogen and oxygen atoms in total. The Hall–Kier alpha value is -0.260. The van der Waals surface area contributed by atoms with Crippen molar-refractivity contribution in [3.05, 3.63) is 0 Å². The van der Waals surface area contributed by atoms with Crippen LogP contribution in [0.5, 0.6) is 0 Å². The number of carbonyl (C=O) groups excluding carboxylic acids is 1. The molecule has 0 radical (unpaired) electrons. The average Bonchev–Trinajstić information content (AvgIpc) is 1.98. The van der Waals surface area contributed by atoms with E-state index < -0.39 is 0 Å². The van der Waals surface area contributed by atoms with Crippen molar-refractivity contribution < 1.29 is 14.4 Å². The molecule has 0 spiro atoms. The van der Waals surface area contributed by atoms with Crippen LogP contribution < -0.4 is 5.32 Å². The van der Waals surface area contributed by atoms with Crippen LogP contribution in [0.1, 0.15) is 0 Å². The number of nitrogens with zero attached hydrogens (tertiary/aromatic N) is 1. The van der Waals surface area contributed by atoms with Crippen molar-refractivity contribution in [3.8, 4) is 0 Å². The summed E-state index contributed by atoms with van der Waals surface area (Å²) in [5, 5.41) is 11.8. The number of rotatable bonds is 5. The molecule has 0 rings (SSSR count). The van der Waals surface area contributed by atoms with Gasteiger partial charge >= 0.3 is 0 Å². The summed E-state index contributed by atoms with van der Waals surface area (Å²) in [6, 6.07) is 0. The number of aliphatic hydroxyl groups is 1. The number of amides is 1. The molecule has 0 aromatic rings. The van der Waals surface area contributed by atoms with Crippen molar-refractivity contribution in [1.82, 2.24) is 5.32 Å². The molecule has 0 aliphatic carbocycles. The lowest BCUT2D eigenvalue weighted by Crippen LogP contribution is -2.57. The molecular formula is C8H19N2O2S+. The highest BCUT2D eigenvalue weighted by Crippen LogP contribution is 1.99. The monoisotopic (exact) mass is 207 g/mol. The Morgan fingerprint density at radius 2 is 2.08 bits per heavy atom. The molecule has 0 fully saturated rings. The second-order valence-electron chi connectivity index (χ2n) is 3.82. The summed E-state index contributed by atoms with van der Waals surface area (Å²) in [6.45, 7) is -0.0381. The molecule has 0 aromatic carbocycles. The standard InChI is InChI=1S/C8H18N2O2S/c1-10(2,3)7(5-11)9-8(12)6-13-4/h7,11H,5-6H2,1-4H3/p+1/t7-/m0/s1. The Morgan fingerprint density at radius 1 is 1.54 bits per heavy atom. The zero-order chi connectivity index (χ0) is 10.5. The van der Waals surface area contributed by atoms with Gasteiger partial charge in [0.15, 0.2) is 6.17 Å². The first-order valence-electron chi connectivity index (χ1n) is 4.12. The van der Waals surface area contributed by atoms with Gasteiger partial charge in [-0.2, -0.15) is 11.8 Å². The summed E-state index contributed by atoms with van der Waals surface area (Å²) in [5.41, 5.74) is 0. The lowest BCUT2D eigenvalue weighted by atomic mass is 10.4. The minimum Gasteiger partial charge on any atom is -0.388 e. The van der Waals surface area contributed by atoms with E-state index in [0.717, 1.165) is 0 Å². The fourth-order valence-corrected chi connectivity index (χ4v) is 1.19. The molecule has 0 aliphatic rings. The van der Waals surface area contributed by atoms with E-state index in [4.69, 9.17) is 5.11 Å². The zero-order valence-electron chi connectivity index (χ0n) is 8.70. The van der Waals surface area contributed by atoms with Crippen molar-refractivity contribution in [2.45, 2.75) is 6.17 Å². The van der Waals surface area contributed by atoms with Crippen molar-refractivity contribution in [1.29, 1.82) is 0 Å². The number of aliphatic hydroxyl groups excluding tert-OH is 1. The first kappa shape index (κ1) is 12.7. The topological polar surface area (TPSA) is 49.3 Å². The van der Waals surface area contributed by atoms with E-state index in [1.807, 2.05) is 27.4 Å². The molecule has 0 unspecified atom stereocenters. The van der Waals surface area contributed by atoms with Gasteiger partial charge < -0.3 is 14.9 Å². The average molecular weight is 207 g/mol. The molecule has 0 aliphatic heterocycles. The molecule has 1 amide bonds. The van der Waals surface area contributed by atoms with Crippen LogP contribution in [0.4, 0.5) is 0 Å². The van der Waals surface area contributed by atoms with Gasteiger partial charge in [-0.05, 0) is 6.26 Å². The molecule has 78 valence electrons. The first-order valence-corrected chi connectivity index (χ1v) is 5.51. The van der Waals surface area contributed by atoms with Gasteiger partial charge in [-0.25, -0.2) is 0 Å². The third-order valence-electron chi connectivity index (χ3n) is 1.71. The van der Waals surface area contributed by atoms with Gasteiger partial charge in [-0.15, -0.1) is 0 Å². The van der Waals surface area contributed by atoms with Crippen molar-refractivity contribution in [2.24, 2.45) is 0 Å². The summed E-state index contributed by atoms with van der Waals surface area (Å²) in [4.78, 5) is 11.2. The van der Waals surface area contributed by atoms with Gasteiger partial charge in [-0.1, -0.05) is 0 Å². The Labute approximate surface area is 83.9 Å². The van der Waals surface area contributed by atoms with Gasteiger partial charge in [0.2, 0.25) is 5.91 Å². The quantitative estimate of drug-likeness (QED) is 0.471. The third-order valence-corrected chi connectivity index (χ3v) is 2.26. The second kappa shape index (κ2) is 5.47. The minimum absolute atomic E-state index is 0.0281. The van der Waals surface area contributed by atoms with Crippen LogP contribution >= 0.6 is 11.8 Å². The lowest BCUT2D eigenvalue weighted by molar-refractivity contribution is -0.898. The number of hydrogen-bond acceptors (Lipinski definition) is 3. The number of hydrogen-bond donors (Lipinski definition) is 2. The van der Waals surface area contributed by atoms with Gasteiger partial charge in [-0.3, -0.25) is 4.79 Å². The number of quaternary nitrogens is 1. The molecule has 0 heterocycles. The summed E-state index contributed by atoms with van der Waals surface area (Å²) < 4.78 is 0.524. The molecule has 2 N–H and O–H groups in total. The first-order chi connectivity index (χ1) is 5.91. The van der Waals surface area contributed by atoms with E-state index in [-0.39, 0.29) is 18.7 Å². The molecule has 1 atom stereocenters. The summed E-state index contributed by atoms with van der Waals surface area (Å²) in [6.07, 6.45) is 1.65. The van der Waals surface area contributed by atoms with Gasteiger partial charge in [0, 0.05) is 0 Å². The number of thioether (sulfide) groups is 1. The van der Waals surface area contributed by atoms with Crippen LogP contribution in [0.15, 0.2) is 0 Å². The Bertz CT molecular complexity index is 168. The molecular weight excluding hydrogens is 188 g/mol. The van der Waals surface area contributed by atoms with Crippen LogP contribution in [0.3, 0.4) is 0 Å². The molecule has 0 saturated heterocycles.